The second kappa shape index (κ2) is 4.06. The molecule has 0 aliphatic rings. The summed E-state index contributed by atoms with van der Waals surface area (Å²) in [6, 6.07) is 5.60. The molecule has 0 aliphatic heterocycles. The highest BCUT2D eigenvalue weighted by molar-refractivity contribution is 5.96. The Bertz CT molecular complexity index is 413. The van der Waals surface area contributed by atoms with E-state index in [9.17, 15) is 4.79 Å². The van der Waals surface area contributed by atoms with Crippen molar-refractivity contribution in [3.8, 4) is 6.07 Å². The summed E-state index contributed by atoms with van der Waals surface area (Å²) < 4.78 is 0. The van der Waals surface area contributed by atoms with E-state index >= 15 is 0 Å². The summed E-state index contributed by atoms with van der Waals surface area (Å²) in [5.74, 6) is 0.0571. The summed E-state index contributed by atoms with van der Waals surface area (Å²) in [5, 5.41) is 8.87. The number of carbonyl (C=O) groups is 1. The van der Waals surface area contributed by atoms with Gasteiger partial charge in [0.1, 0.15) is 0 Å². The molecule has 72 valence electrons. The third kappa shape index (κ3) is 1.67. The normalized spacial score (nSPS) is 9.57. The smallest absolute Gasteiger partial charge is 0.160 e. The Labute approximate surface area is 84.2 Å². The number of carbonyl (C=O) groups excluding carboxylic acids is 1. The molecule has 0 heterocycles. The lowest BCUT2D eigenvalue weighted by Gasteiger charge is -2.09. The molecular formula is C12H13NO. The Morgan fingerprint density at radius 2 is 2.14 bits per heavy atom. The van der Waals surface area contributed by atoms with E-state index in [1.165, 1.54) is 0 Å². The molecule has 1 aromatic carbocycles. The van der Waals surface area contributed by atoms with Crippen LogP contribution in [0.5, 0.6) is 0 Å². The van der Waals surface area contributed by atoms with Crippen LogP contribution in [0.2, 0.25) is 0 Å². The highest BCUT2D eigenvalue weighted by Crippen LogP contribution is 2.19. The average Bonchev–Trinajstić information content (AvgIpc) is 2.16. The van der Waals surface area contributed by atoms with Gasteiger partial charge < -0.3 is 0 Å². The molecule has 0 aliphatic carbocycles. The average molecular weight is 187 g/mol. The van der Waals surface area contributed by atoms with E-state index in [1.54, 1.807) is 19.1 Å². The minimum absolute atomic E-state index is 0.0571. The molecule has 0 unspecified atom stereocenters. The Morgan fingerprint density at radius 3 is 2.57 bits per heavy atom. The number of hydrogen-bond acceptors (Lipinski definition) is 2. The molecule has 0 spiro atoms. The first-order valence-corrected chi connectivity index (χ1v) is 4.65. The first-order chi connectivity index (χ1) is 6.61. The zero-order valence-corrected chi connectivity index (χ0v) is 8.72. The van der Waals surface area contributed by atoms with Crippen molar-refractivity contribution in [3.05, 3.63) is 34.4 Å². The summed E-state index contributed by atoms with van der Waals surface area (Å²) in [6.45, 7) is 5.44. The van der Waals surface area contributed by atoms with Gasteiger partial charge in [-0.2, -0.15) is 5.26 Å². The van der Waals surface area contributed by atoms with Gasteiger partial charge in [0, 0.05) is 5.56 Å². The van der Waals surface area contributed by atoms with Gasteiger partial charge in [-0.05, 0) is 43.5 Å². The van der Waals surface area contributed by atoms with Crippen LogP contribution in [0.4, 0.5) is 0 Å². The van der Waals surface area contributed by atoms with Crippen molar-refractivity contribution in [1.29, 1.82) is 5.26 Å². The Balaban J connectivity index is 3.44. The predicted octanol–water partition coefficient (Wildman–Crippen LogP) is 2.63. The fraction of sp³-hybridized carbons (Fsp3) is 0.333. The highest BCUT2D eigenvalue weighted by atomic mass is 16.1. The molecule has 14 heavy (non-hydrogen) atoms. The Kier molecular flexibility index (Phi) is 3.03. The van der Waals surface area contributed by atoms with Crippen molar-refractivity contribution < 1.29 is 4.79 Å². The largest absolute Gasteiger partial charge is 0.295 e. The van der Waals surface area contributed by atoms with Gasteiger partial charge in [-0.25, -0.2) is 0 Å². The molecule has 0 saturated heterocycles. The molecule has 2 nitrogen and oxygen atoms in total. The third-order valence-corrected chi connectivity index (χ3v) is 2.45. The topological polar surface area (TPSA) is 40.9 Å². The monoisotopic (exact) mass is 187 g/mol. The first-order valence-electron chi connectivity index (χ1n) is 4.65. The maximum atomic E-state index is 11.3. The molecule has 1 rings (SSSR count). The summed E-state index contributed by atoms with van der Waals surface area (Å²) >= 11 is 0. The second-order valence-corrected chi connectivity index (χ2v) is 3.29. The van der Waals surface area contributed by atoms with Crippen LogP contribution >= 0.6 is 0 Å². The number of hydrogen-bond donors (Lipinski definition) is 0. The van der Waals surface area contributed by atoms with Crippen molar-refractivity contribution in [2.24, 2.45) is 0 Å². The van der Waals surface area contributed by atoms with Crippen molar-refractivity contribution in [3.63, 3.8) is 0 Å². The van der Waals surface area contributed by atoms with Gasteiger partial charge in [0.2, 0.25) is 0 Å². The third-order valence-electron chi connectivity index (χ3n) is 2.45. The van der Waals surface area contributed by atoms with Crippen LogP contribution in [0, 0.1) is 18.3 Å². The van der Waals surface area contributed by atoms with Gasteiger partial charge in [-0.3, -0.25) is 4.79 Å². The van der Waals surface area contributed by atoms with E-state index in [1.807, 2.05) is 13.8 Å². The van der Waals surface area contributed by atoms with Crippen LogP contribution in [-0.2, 0) is 6.42 Å². The van der Waals surface area contributed by atoms with E-state index in [0.29, 0.717) is 5.56 Å². The minimum atomic E-state index is 0.0571. The number of nitriles is 1. The van der Waals surface area contributed by atoms with Crippen molar-refractivity contribution in [1.82, 2.24) is 0 Å². The summed E-state index contributed by atoms with van der Waals surface area (Å²) in [6.07, 6.45) is 0.788. The van der Waals surface area contributed by atoms with E-state index in [-0.39, 0.29) is 5.78 Å². The maximum absolute atomic E-state index is 11.3. The lowest BCUT2D eigenvalue weighted by atomic mass is 9.94. The molecule has 0 atom stereocenters. The molecule has 0 N–H and O–H groups in total. The van der Waals surface area contributed by atoms with Crippen LogP contribution in [0.1, 0.15) is 40.9 Å². The number of ketones is 1. The van der Waals surface area contributed by atoms with Gasteiger partial charge in [-0.1, -0.05) is 6.92 Å². The first kappa shape index (κ1) is 10.5. The predicted molar refractivity (Wildman–Crippen MR) is 55.3 cm³/mol. The molecular weight excluding hydrogens is 174 g/mol. The molecule has 0 aromatic heterocycles. The second-order valence-electron chi connectivity index (χ2n) is 3.29. The number of rotatable bonds is 2. The van der Waals surface area contributed by atoms with Crippen LogP contribution < -0.4 is 0 Å². The quantitative estimate of drug-likeness (QED) is 0.668. The van der Waals surface area contributed by atoms with Gasteiger partial charge in [0.25, 0.3) is 0 Å². The van der Waals surface area contributed by atoms with Gasteiger partial charge in [-0.15, -0.1) is 0 Å². The van der Waals surface area contributed by atoms with E-state index < -0.39 is 0 Å². The lowest BCUT2D eigenvalue weighted by molar-refractivity contribution is 0.101. The van der Waals surface area contributed by atoms with Crippen LogP contribution in [0.15, 0.2) is 12.1 Å². The van der Waals surface area contributed by atoms with Crippen molar-refractivity contribution in [2.75, 3.05) is 0 Å². The number of Topliss-reactive ketones (excluding diaryl/α,β-unsaturated/α-hetero) is 1. The summed E-state index contributed by atoms with van der Waals surface area (Å²) in [7, 11) is 0. The van der Waals surface area contributed by atoms with Gasteiger partial charge in [0.05, 0.1) is 11.6 Å². The number of benzene rings is 1. The Hall–Kier alpha value is -1.62. The summed E-state index contributed by atoms with van der Waals surface area (Å²) in [5.41, 5.74) is 3.33. The zero-order valence-electron chi connectivity index (χ0n) is 8.72. The van der Waals surface area contributed by atoms with Gasteiger partial charge >= 0.3 is 0 Å². The fourth-order valence-corrected chi connectivity index (χ4v) is 1.70. The van der Waals surface area contributed by atoms with Crippen molar-refractivity contribution in [2.45, 2.75) is 27.2 Å². The standard InChI is InChI=1S/C12H13NO/c1-4-11-8(2)12(9(3)14)6-5-10(11)7-13/h5-6H,4H2,1-3H3. The Morgan fingerprint density at radius 1 is 1.50 bits per heavy atom. The van der Waals surface area contributed by atoms with Crippen LogP contribution in [0.3, 0.4) is 0 Å². The van der Waals surface area contributed by atoms with Crippen molar-refractivity contribution >= 4 is 5.78 Å². The molecule has 0 fully saturated rings. The van der Waals surface area contributed by atoms with E-state index in [2.05, 4.69) is 6.07 Å². The molecule has 0 radical (unpaired) electrons. The molecule has 0 bridgehead atoms. The summed E-state index contributed by atoms with van der Waals surface area (Å²) in [4.78, 5) is 11.3. The van der Waals surface area contributed by atoms with Crippen LogP contribution in [-0.4, -0.2) is 5.78 Å². The lowest BCUT2D eigenvalue weighted by Crippen LogP contribution is -2.01. The van der Waals surface area contributed by atoms with Crippen LogP contribution in [0.25, 0.3) is 0 Å². The fourth-order valence-electron chi connectivity index (χ4n) is 1.70. The highest BCUT2D eigenvalue weighted by Gasteiger charge is 2.10. The SMILES string of the molecule is CCc1c(C#N)ccc(C(C)=O)c1C. The molecule has 1 aromatic rings. The molecule has 2 heteroatoms. The van der Waals surface area contributed by atoms with E-state index in [4.69, 9.17) is 5.26 Å². The molecule has 0 amide bonds. The van der Waals surface area contributed by atoms with Gasteiger partial charge in [0.15, 0.2) is 5.78 Å². The maximum Gasteiger partial charge on any atom is 0.160 e. The number of nitrogens with zero attached hydrogens (tertiary/aromatic N) is 1. The minimum Gasteiger partial charge on any atom is -0.295 e. The molecule has 0 saturated carbocycles. The zero-order chi connectivity index (χ0) is 10.7. The van der Waals surface area contributed by atoms with E-state index in [0.717, 1.165) is 23.1 Å².